The van der Waals surface area contributed by atoms with Crippen molar-refractivity contribution < 1.29 is 10.2 Å². The molecule has 0 fully saturated rings. The number of rotatable bonds is 8. The van der Waals surface area contributed by atoms with E-state index in [1.54, 1.807) is 0 Å². The van der Waals surface area contributed by atoms with Crippen molar-refractivity contribution in [3.05, 3.63) is 18.0 Å². The molecule has 104 valence electrons. The summed E-state index contributed by atoms with van der Waals surface area (Å²) < 4.78 is 2.00. The van der Waals surface area contributed by atoms with Gasteiger partial charge >= 0.3 is 0 Å². The zero-order valence-corrected chi connectivity index (χ0v) is 11.8. The fourth-order valence-electron chi connectivity index (χ4n) is 2.23. The Morgan fingerprint density at radius 1 is 1.22 bits per heavy atom. The molecule has 1 aromatic heterocycles. The number of aliphatic hydroxyl groups excluding tert-OH is 2. The van der Waals surface area contributed by atoms with Crippen LogP contribution >= 0.6 is 0 Å². The number of hydrogen-bond acceptors (Lipinski definition) is 3. The van der Waals surface area contributed by atoms with Crippen molar-refractivity contribution in [1.82, 2.24) is 9.78 Å². The topological polar surface area (TPSA) is 58.3 Å². The van der Waals surface area contributed by atoms with Crippen LogP contribution in [-0.4, -0.2) is 33.2 Å². The standard InChI is InChI=1S/C14H26N2O2/c1-4-13(5-2)16-8-7-12(15-16)9-14(6-3,10-17)11-18/h7-8,13,17-18H,4-6,9-11H2,1-3H3. The molecule has 0 aliphatic heterocycles. The Kier molecular flexibility index (Phi) is 5.82. The van der Waals surface area contributed by atoms with Crippen LogP contribution in [0.2, 0.25) is 0 Å². The molecule has 0 atom stereocenters. The molecule has 0 amide bonds. The fraction of sp³-hybridized carbons (Fsp3) is 0.786. The first-order chi connectivity index (χ1) is 8.64. The third-order valence-electron chi connectivity index (χ3n) is 3.96. The lowest BCUT2D eigenvalue weighted by Gasteiger charge is -2.27. The third-order valence-corrected chi connectivity index (χ3v) is 3.96. The van der Waals surface area contributed by atoms with Gasteiger partial charge in [0.2, 0.25) is 0 Å². The average Bonchev–Trinajstić information content (AvgIpc) is 2.86. The van der Waals surface area contributed by atoms with Gasteiger partial charge in [-0.2, -0.15) is 5.10 Å². The van der Waals surface area contributed by atoms with Crippen molar-refractivity contribution in [2.24, 2.45) is 5.41 Å². The second-order valence-corrected chi connectivity index (χ2v) is 5.10. The average molecular weight is 254 g/mol. The largest absolute Gasteiger partial charge is 0.396 e. The van der Waals surface area contributed by atoms with E-state index in [2.05, 4.69) is 18.9 Å². The molecule has 0 aromatic carbocycles. The maximum Gasteiger partial charge on any atom is 0.0632 e. The van der Waals surface area contributed by atoms with Gasteiger partial charge in [-0.15, -0.1) is 0 Å². The number of nitrogens with zero attached hydrogens (tertiary/aromatic N) is 2. The van der Waals surface area contributed by atoms with Gasteiger partial charge in [-0.1, -0.05) is 20.8 Å². The van der Waals surface area contributed by atoms with Crippen molar-refractivity contribution in [1.29, 1.82) is 0 Å². The lowest BCUT2D eigenvalue weighted by atomic mass is 9.82. The van der Waals surface area contributed by atoms with E-state index in [-0.39, 0.29) is 13.2 Å². The first-order valence-electron chi connectivity index (χ1n) is 6.90. The number of aliphatic hydroxyl groups is 2. The van der Waals surface area contributed by atoms with E-state index in [0.29, 0.717) is 12.5 Å². The Bertz CT molecular complexity index is 333. The predicted octanol–water partition coefficient (Wildman–Crippen LogP) is 2.17. The van der Waals surface area contributed by atoms with Crippen LogP contribution in [0.25, 0.3) is 0 Å². The highest BCUT2D eigenvalue weighted by Crippen LogP contribution is 2.26. The van der Waals surface area contributed by atoms with Gasteiger partial charge in [0.05, 0.1) is 24.9 Å². The molecule has 0 aliphatic carbocycles. The Morgan fingerprint density at radius 3 is 2.28 bits per heavy atom. The number of hydrogen-bond donors (Lipinski definition) is 2. The van der Waals surface area contributed by atoms with Crippen LogP contribution in [0.3, 0.4) is 0 Å². The van der Waals surface area contributed by atoms with Gasteiger partial charge in [0.1, 0.15) is 0 Å². The van der Waals surface area contributed by atoms with E-state index in [1.165, 1.54) is 0 Å². The van der Waals surface area contributed by atoms with Crippen LogP contribution in [0.4, 0.5) is 0 Å². The van der Waals surface area contributed by atoms with Gasteiger partial charge in [0.15, 0.2) is 0 Å². The summed E-state index contributed by atoms with van der Waals surface area (Å²) in [5.41, 5.74) is 0.513. The Morgan fingerprint density at radius 2 is 1.83 bits per heavy atom. The van der Waals surface area contributed by atoms with E-state index in [1.807, 2.05) is 23.9 Å². The molecule has 2 N–H and O–H groups in total. The van der Waals surface area contributed by atoms with Crippen molar-refractivity contribution in [2.45, 2.75) is 52.5 Å². The molecule has 0 aliphatic rings. The highest BCUT2D eigenvalue weighted by molar-refractivity contribution is 5.04. The lowest BCUT2D eigenvalue weighted by molar-refractivity contribution is 0.0504. The summed E-state index contributed by atoms with van der Waals surface area (Å²) in [5, 5.41) is 23.5. The van der Waals surface area contributed by atoms with Crippen molar-refractivity contribution in [3.8, 4) is 0 Å². The van der Waals surface area contributed by atoms with Crippen LogP contribution in [0.5, 0.6) is 0 Å². The van der Waals surface area contributed by atoms with Gasteiger partial charge in [-0.05, 0) is 25.3 Å². The lowest BCUT2D eigenvalue weighted by Crippen LogP contribution is -2.31. The van der Waals surface area contributed by atoms with Crippen molar-refractivity contribution >= 4 is 0 Å². The highest BCUT2D eigenvalue weighted by atomic mass is 16.3. The van der Waals surface area contributed by atoms with Gasteiger partial charge < -0.3 is 10.2 Å². The molecule has 4 heteroatoms. The van der Waals surface area contributed by atoms with Gasteiger partial charge in [0, 0.05) is 18.0 Å². The van der Waals surface area contributed by atoms with Gasteiger partial charge in [-0.25, -0.2) is 0 Å². The molecule has 0 saturated carbocycles. The van der Waals surface area contributed by atoms with Gasteiger partial charge in [-0.3, -0.25) is 4.68 Å². The zero-order valence-electron chi connectivity index (χ0n) is 11.8. The molecule has 1 aromatic rings. The minimum atomic E-state index is -0.437. The molecule has 1 rings (SSSR count). The summed E-state index contributed by atoms with van der Waals surface area (Å²) in [6, 6.07) is 2.44. The summed E-state index contributed by atoms with van der Waals surface area (Å²) in [5.74, 6) is 0. The van der Waals surface area contributed by atoms with E-state index in [0.717, 1.165) is 25.0 Å². The van der Waals surface area contributed by atoms with Crippen LogP contribution in [0.1, 0.15) is 51.8 Å². The Hall–Kier alpha value is -0.870. The second-order valence-electron chi connectivity index (χ2n) is 5.10. The van der Waals surface area contributed by atoms with Crippen LogP contribution in [0, 0.1) is 5.41 Å². The fourth-order valence-corrected chi connectivity index (χ4v) is 2.23. The minimum absolute atomic E-state index is 0.00214. The smallest absolute Gasteiger partial charge is 0.0632 e. The molecule has 0 bridgehead atoms. The quantitative estimate of drug-likeness (QED) is 0.747. The molecule has 18 heavy (non-hydrogen) atoms. The first-order valence-corrected chi connectivity index (χ1v) is 6.90. The van der Waals surface area contributed by atoms with Crippen molar-refractivity contribution in [2.75, 3.05) is 13.2 Å². The predicted molar refractivity (Wildman–Crippen MR) is 72.4 cm³/mol. The first kappa shape index (κ1) is 15.2. The van der Waals surface area contributed by atoms with E-state index >= 15 is 0 Å². The monoisotopic (exact) mass is 254 g/mol. The molecule has 0 radical (unpaired) electrons. The van der Waals surface area contributed by atoms with Crippen LogP contribution < -0.4 is 0 Å². The molecule has 0 saturated heterocycles. The molecular formula is C14H26N2O2. The SMILES string of the molecule is CCC(CC)n1ccc(CC(CC)(CO)CO)n1. The number of aromatic nitrogens is 2. The normalized spacial score (nSPS) is 12.3. The summed E-state index contributed by atoms with van der Waals surface area (Å²) in [6.45, 7) is 6.31. The molecule has 4 nitrogen and oxygen atoms in total. The van der Waals surface area contributed by atoms with Gasteiger partial charge in [0.25, 0.3) is 0 Å². The Balaban J connectivity index is 2.79. The second kappa shape index (κ2) is 6.90. The molecule has 1 heterocycles. The highest BCUT2D eigenvalue weighted by Gasteiger charge is 2.28. The third kappa shape index (κ3) is 3.33. The molecular weight excluding hydrogens is 228 g/mol. The summed E-state index contributed by atoms with van der Waals surface area (Å²) in [6.07, 6.45) is 5.51. The molecule has 0 spiro atoms. The van der Waals surface area contributed by atoms with E-state index in [9.17, 15) is 10.2 Å². The zero-order chi connectivity index (χ0) is 13.6. The maximum absolute atomic E-state index is 9.45. The molecule has 0 unspecified atom stereocenters. The van der Waals surface area contributed by atoms with E-state index in [4.69, 9.17) is 0 Å². The minimum Gasteiger partial charge on any atom is -0.396 e. The van der Waals surface area contributed by atoms with E-state index < -0.39 is 5.41 Å². The van der Waals surface area contributed by atoms with Crippen molar-refractivity contribution in [3.63, 3.8) is 0 Å². The Labute approximate surface area is 110 Å². The summed E-state index contributed by atoms with van der Waals surface area (Å²) in [4.78, 5) is 0. The maximum atomic E-state index is 9.45. The van der Waals surface area contributed by atoms with Crippen LogP contribution in [0.15, 0.2) is 12.3 Å². The van der Waals surface area contributed by atoms with Crippen LogP contribution in [-0.2, 0) is 6.42 Å². The summed E-state index contributed by atoms with van der Waals surface area (Å²) in [7, 11) is 0. The summed E-state index contributed by atoms with van der Waals surface area (Å²) >= 11 is 0.